The Morgan fingerprint density at radius 1 is 1.16 bits per heavy atom. The molecule has 1 aliphatic rings. The molecule has 0 spiro atoms. The molecule has 4 nitrogen and oxygen atoms in total. The maximum atomic E-state index is 12.7. The van der Waals surface area contributed by atoms with E-state index in [9.17, 15) is 8.42 Å². The lowest BCUT2D eigenvalue weighted by Gasteiger charge is -2.27. The zero-order valence-electron chi connectivity index (χ0n) is 11.6. The van der Waals surface area contributed by atoms with E-state index in [0.29, 0.717) is 34.8 Å². The van der Waals surface area contributed by atoms with E-state index in [-0.39, 0.29) is 0 Å². The third-order valence-corrected chi connectivity index (χ3v) is 5.53. The van der Waals surface area contributed by atoms with Crippen molar-refractivity contribution in [2.24, 2.45) is 0 Å². The van der Waals surface area contributed by atoms with Gasteiger partial charge >= 0.3 is 0 Å². The van der Waals surface area contributed by atoms with Gasteiger partial charge in [-0.05, 0) is 50.5 Å². The molecule has 2 rings (SSSR count). The van der Waals surface area contributed by atoms with Gasteiger partial charge in [0.05, 0.1) is 4.90 Å². The average molecular weight is 280 g/mol. The second-order valence-electron chi connectivity index (χ2n) is 5.16. The standard InChI is InChI=1S/C14H20N2O2S/c1-10-5-4-6-16(9-10)19(17,18)14-11(2)7-13(15)8-12(14)3/h5,7-8H,4,6,9,15H2,1-3H3. The molecule has 1 aromatic rings. The highest BCUT2D eigenvalue weighted by Crippen LogP contribution is 2.27. The highest BCUT2D eigenvalue weighted by atomic mass is 32.2. The number of nitrogens with two attached hydrogens (primary N) is 1. The summed E-state index contributed by atoms with van der Waals surface area (Å²) < 4.78 is 27.0. The summed E-state index contributed by atoms with van der Waals surface area (Å²) in [5.74, 6) is 0. The van der Waals surface area contributed by atoms with E-state index in [1.54, 1.807) is 30.3 Å². The molecule has 0 radical (unpaired) electrons. The summed E-state index contributed by atoms with van der Waals surface area (Å²) >= 11 is 0. The van der Waals surface area contributed by atoms with Crippen LogP contribution in [0.15, 0.2) is 28.7 Å². The van der Waals surface area contributed by atoms with Gasteiger partial charge in [0.2, 0.25) is 10.0 Å². The van der Waals surface area contributed by atoms with Crippen LogP contribution in [0.4, 0.5) is 5.69 Å². The number of nitrogens with zero attached hydrogens (tertiary/aromatic N) is 1. The van der Waals surface area contributed by atoms with Gasteiger partial charge in [0, 0.05) is 18.8 Å². The third kappa shape index (κ3) is 2.67. The highest BCUT2D eigenvalue weighted by Gasteiger charge is 2.28. The molecule has 1 heterocycles. The number of aryl methyl sites for hydroxylation is 2. The van der Waals surface area contributed by atoms with E-state index in [0.717, 1.165) is 12.0 Å². The first-order valence-electron chi connectivity index (χ1n) is 6.35. The van der Waals surface area contributed by atoms with Crippen LogP contribution < -0.4 is 5.73 Å². The largest absolute Gasteiger partial charge is 0.399 e. The summed E-state index contributed by atoms with van der Waals surface area (Å²) in [6, 6.07) is 3.43. The molecule has 0 atom stereocenters. The van der Waals surface area contributed by atoms with Crippen molar-refractivity contribution in [3.63, 3.8) is 0 Å². The van der Waals surface area contributed by atoms with Gasteiger partial charge in [0.25, 0.3) is 0 Å². The van der Waals surface area contributed by atoms with Crippen LogP contribution in [-0.2, 0) is 10.0 Å². The molecule has 0 aromatic heterocycles. The van der Waals surface area contributed by atoms with Crippen LogP contribution >= 0.6 is 0 Å². The van der Waals surface area contributed by atoms with Crippen LogP contribution in [0.25, 0.3) is 0 Å². The predicted molar refractivity (Wildman–Crippen MR) is 77.5 cm³/mol. The van der Waals surface area contributed by atoms with Crippen molar-refractivity contribution in [3.05, 3.63) is 34.9 Å². The Kier molecular flexibility index (Phi) is 3.69. The highest BCUT2D eigenvalue weighted by molar-refractivity contribution is 7.89. The van der Waals surface area contributed by atoms with E-state index in [4.69, 9.17) is 5.73 Å². The van der Waals surface area contributed by atoms with E-state index >= 15 is 0 Å². The number of sulfonamides is 1. The molecular formula is C14H20N2O2S. The van der Waals surface area contributed by atoms with E-state index in [1.807, 2.05) is 6.92 Å². The summed E-state index contributed by atoms with van der Waals surface area (Å²) in [4.78, 5) is 0.399. The van der Waals surface area contributed by atoms with E-state index < -0.39 is 10.0 Å². The number of nitrogen functional groups attached to an aromatic ring is 1. The van der Waals surface area contributed by atoms with Crippen molar-refractivity contribution in [3.8, 4) is 0 Å². The Balaban J connectivity index is 2.49. The van der Waals surface area contributed by atoms with Gasteiger partial charge in [0.1, 0.15) is 0 Å². The van der Waals surface area contributed by atoms with Crippen molar-refractivity contribution in [2.75, 3.05) is 18.8 Å². The van der Waals surface area contributed by atoms with Gasteiger partial charge in [0.15, 0.2) is 0 Å². The van der Waals surface area contributed by atoms with Gasteiger partial charge < -0.3 is 5.73 Å². The number of hydrogen-bond donors (Lipinski definition) is 1. The number of anilines is 1. The van der Waals surface area contributed by atoms with Crippen molar-refractivity contribution in [1.29, 1.82) is 0 Å². The fourth-order valence-electron chi connectivity index (χ4n) is 2.60. The molecule has 0 amide bonds. The Morgan fingerprint density at radius 2 is 1.74 bits per heavy atom. The molecule has 0 saturated carbocycles. The minimum atomic E-state index is -3.44. The maximum absolute atomic E-state index is 12.7. The Hall–Kier alpha value is -1.33. The molecule has 0 fully saturated rings. The van der Waals surface area contributed by atoms with Crippen LogP contribution in [0.1, 0.15) is 24.5 Å². The van der Waals surface area contributed by atoms with Gasteiger partial charge in [-0.3, -0.25) is 0 Å². The van der Waals surface area contributed by atoms with Crippen molar-refractivity contribution < 1.29 is 8.42 Å². The molecule has 0 saturated heterocycles. The Morgan fingerprint density at radius 3 is 2.26 bits per heavy atom. The van der Waals surface area contributed by atoms with Crippen LogP contribution in [-0.4, -0.2) is 25.8 Å². The minimum Gasteiger partial charge on any atom is -0.399 e. The molecule has 2 N–H and O–H groups in total. The predicted octanol–water partition coefficient (Wildman–Crippen LogP) is 2.23. The molecule has 5 heteroatoms. The summed E-state index contributed by atoms with van der Waals surface area (Å²) in [6.45, 7) is 6.57. The van der Waals surface area contributed by atoms with Crippen LogP contribution in [0, 0.1) is 13.8 Å². The number of benzene rings is 1. The SMILES string of the molecule is CC1=CCCN(S(=O)(=O)c2c(C)cc(N)cc2C)C1. The summed E-state index contributed by atoms with van der Waals surface area (Å²) in [5.41, 5.74) is 8.88. The summed E-state index contributed by atoms with van der Waals surface area (Å²) in [6.07, 6.45) is 2.87. The number of hydrogen-bond acceptors (Lipinski definition) is 3. The van der Waals surface area contributed by atoms with Gasteiger partial charge in [-0.25, -0.2) is 8.42 Å². The second kappa shape index (κ2) is 4.98. The molecule has 0 aliphatic carbocycles. The van der Waals surface area contributed by atoms with Crippen molar-refractivity contribution in [2.45, 2.75) is 32.1 Å². The maximum Gasteiger partial charge on any atom is 0.243 e. The van der Waals surface area contributed by atoms with Gasteiger partial charge in [-0.1, -0.05) is 11.6 Å². The Labute approximate surface area is 115 Å². The first-order chi connectivity index (χ1) is 8.82. The zero-order chi connectivity index (χ0) is 14.2. The first-order valence-corrected chi connectivity index (χ1v) is 7.79. The molecule has 19 heavy (non-hydrogen) atoms. The summed E-state index contributed by atoms with van der Waals surface area (Å²) in [5, 5.41) is 0. The monoisotopic (exact) mass is 280 g/mol. The normalized spacial score (nSPS) is 17.3. The first kappa shape index (κ1) is 14.1. The van der Waals surface area contributed by atoms with Gasteiger partial charge in [-0.2, -0.15) is 4.31 Å². The lowest BCUT2D eigenvalue weighted by molar-refractivity contribution is 0.427. The Bertz CT molecular complexity index is 610. The average Bonchev–Trinajstić information content (AvgIpc) is 2.26. The smallest absolute Gasteiger partial charge is 0.243 e. The fraction of sp³-hybridized carbons (Fsp3) is 0.429. The van der Waals surface area contributed by atoms with Crippen LogP contribution in [0.5, 0.6) is 0 Å². The molecule has 104 valence electrons. The lowest BCUT2D eigenvalue weighted by atomic mass is 10.1. The molecule has 1 aromatic carbocycles. The zero-order valence-corrected chi connectivity index (χ0v) is 12.4. The second-order valence-corrected chi connectivity index (χ2v) is 7.04. The fourth-order valence-corrected chi connectivity index (χ4v) is 4.51. The van der Waals surface area contributed by atoms with Crippen LogP contribution in [0.3, 0.4) is 0 Å². The molecule has 0 bridgehead atoms. The van der Waals surface area contributed by atoms with Crippen LogP contribution in [0.2, 0.25) is 0 Å². The van der Waals surface area contributed by atoms with E-state index in [1.165, 1.54) is 0 Å². The molecular weight excluding hydrogens is 260 g/mol. The molecule has 0 unspecified atom stereocenters. The quantitative estimate of drug-likeness (QED) is 0.667. The third-order valence-electron chi connectivity index (χ3n) is 3.38. The minimum absolute atomic E-state index is 0.399. The number of rotatable bonds is 2. The topological polar surface area (TPSA) is 63.4 Å². The van der Waals surface area contributed by atoms with E-state index in [2.05, 4.69) is 6.08 Å². The van der Waals surface area contributed by atoms with Crippen molar-refractivity contribution >= 4 is 15.7 Å². The summed E-state index contributed by atoms with van der Waals surface area (Å²) in [7, 11) is -3.44. The molecule has 1 aliphatic heterocycles. The van der Waals surface area contributed by atoms with Crippen molar-refractivity contribution in [1.82, 2.24) is 4.31 Å². The van der Waals surface area contributed by atoms with Gasteiger partial charge in [-0.15, -0.1) is 0 Å². The lowest BCUT2D eigenvalue weighted by Crippen LogP contribution is -2.36.